The largest absolute Gasteiger partial charge is 0.510 e. The van der Waals surface area contributed by atoms with Gasteiger partial charge in [-0.2, -0.15) is 13.2 Å². The second-order valence-electron chi connectivity index (χ2n) is 5.87. The van der Waals surface area contributed by atoms with E-state index in [0.717, 1.165) is 6.07 Å². The molecule has 4 rings (SSSR count). The van der Waals surface area contributed by atoms with Crippen LogP contribution >= 0.6 is 11.8 Å². The number of aliphatic imine (C=N–C) groups is 1. The lowest BCUT2D eigenvalue weighted by Gasteiger charge is -2.21. The van der Waals surface area contributed by atoms with Crippen LogP contribution in [-0.2, 0) is 11.0 Å². The Morgan fingerprint density at radius 2 is 2.15 bits per heavy atom. The molecule has 9 heteroatoms. The first-order chi connectivity index (χ1) is 12.3. The van der Waals surface area contributed by atoms with Gasteiger partial charge in [-0.25, -0.2) is 0 Å². The van der Waals surface area contributed by atoms with E-state index in [2.05, 4.69) is 15.3 Å². The van der Waals surface area contributed by atoms with Gasteiger partial charge in [-0.3, -0.25) is 9.79 Å². The summed E-state index contributed by atoms with van der Waals surface area (Å²) in [5.74, 6) is -1.03. The van der Waals surface area contributed by atoms with Crippen molar-refractivity contribution in [3.05, 3.63) is 52.8 Å². The van der Waals surface area contributed by atoms with Crippen LogP contribution in [0.25, 0.3) is 10.9 Å². The van der Waals surface area contributed by atoms with Crippen LogP contribution in [-0.4, -0.2) is 33.5 Å². The highest BCUT2D eigenvalue weighted by Crippen LogP contribution is 2.38. The maximum Gasteiger partial charge on any atom is 0.418 e. The summed E-state index contributed by atoms with van der Waals surface area (Å²) in [4.78, 5) is 19.5. The third-order valence-electron chi connectivity index (χ3n) is 4.22. The Hall–Kier alpha value is -2.68. The zero-order valence-electron chi connectivity index (χ0n) is 13.0. The average Bonchev–Trinajstić information content (AvgIpc) is 3.21. The lowest BCUT2D eigenvalue weighted by molar-refractivity contribution is -0.136. The predicted octanol–water partition coefficient (Wildman–Crippen LogP) is 4.02. The standard InChI is InChI=1S/C17H12F3N3O2S/c18-17(19,20)10-5-8-1-3-21-12(8)6-13(10)23-16(25)9-7-22-11-2-4-26-15(11)14(9)24/h1-7,11,15,21,24H,(H,23,25). The zero-order chi connectivity index (χ0) is 18.5. The number of hydrogen-bond donors (Lipinski definition) is 3. The van der Waals surface area contributed by atoms with Crippen molar-refractivity contribution >= 4 is 40.5 Å². The van der Waals surface area contributed by atoms with E-state index in [1.807, 2.05) is 0 Å². The van der Waals surface area contributed by atoms with Crippen LogP contribution in [0.5, 0.6) is 0 Å². The van der Waals surface area contributed by atoms with Crippen LogP contribution in [0.3, 0.4) is 0 Å². The Kier molecular flexibility index (Phi) is 3.83. The van der Waals surface area contributed by atoms with Gasteiger partial charge in [0.1, 0.15) is 5.76 Å². The molecular weight excluding hydrogens is 367 g/mol. The number of benzene rings is 1. The first-order valence-electron chi connectivity index (χ1n) is 7.63. The van der Waals surface area contributed by atoms with Gasteiger partial charge in [0, 0.05) is 23.3 Å². The molecule has 2 aromatic rings. The minimum absolute atomic E-state index is 0.137. The molecule has 0 spiro atoms. The highest BCUT2D eigenvalue weighted by molar-refractivity contribution is 8.03. The topological polar surface area (TPSA) is 77.5 Å². The van der Waals surface area contributed by atoms with Crippen molar-refractivity contribution in [1.29, 1.82) is 0 Å². The van der Waals surface area contributed by atoms with Gasteiger partial charge in [0.15, 0.2) is 0 Å². The number of aliphatic hydroxyl groups excluding tert-OH is 1. The van der Waals surface area contributed by atoms with Crippen LogP contribution < -0.4 is 5.32 Å². The molecule has 0 aliphatic carbocycles. The van der Waals surface area contributed by atoms with Gasteiger partial charge in [0.25, 0.3) is 5.91 Å². The average molecular weight is 379 g/mol. The number of aromatic amines is 1. The number of H-pyrrole nitrogens is 1. The zero-order valence-corrected chi connectivity index (χ0v) is 13.9. The maximum atomic E-state index is 13.4. The second-order valence-corrected chi connectivity index (χ2v) is 6.92. The van der Waals surface area contributed by atoms with Crippen molar-refractivity contribution in [1.82, 2.24) is 4.98 Å². The SMILES string of the molecule is O=C(Nc1cc2[nH]ccc2cc1C(F)(F)F)C1=C(O)C2SC=CC2N=C1. The number of amides is 1. The van der Waals surface area contributed by atoms with Gasteiger partial charge >= 0.3 is 6.18 Å². The number of fused-ring (bicyclic) bond motifs is 2. The number of aromatic nitrogens is 1. The summed E-state index contributed by atoms with van der Waals surface area (Å²) in [5, 5.41) is 14.3. The molecule has 2 unspecified atom stereocenters. The third kappa shape index (κ3) is 2.78. The molecule has 0 radical (unpaired) electrons. The van der Waals surface area contributed by atoms with E-state index in [9.17, 15) is 23.1 Å². The molecule has 1 aromatic heterocycles. The van der Waals surface area contributed by atoms with E-state index in [1.54, 1.807) is 11.5 Å². The van der Waals surface area contributed by atoms with Crippen LogP contribution in [0.2, 0.25) is 0 Å². The summed E-state index contributed by atoms with van der Waals surface area (Å²) < 4.78 is 40.1. The quantitative estimate of drug-likeness (QED) is 0.738. The van der Waals surface area contributed by atoms with Crippen LogP contribution in [0.1, 0.15) is 5.56 Å². The number of nitrogens with zero attached hydrogens (tertiary/aromatic N) is 1. The Morgan fingerprint density at radius 1 is 1.35 bits per heavy atom. The number of hydrogen-bond acceptors (Lipinski definition) is 4. The summed E-state index contributed by atoms with van der Waals surface area (Å²) in [5.41, 5.74) is -1.02. The molecule has 26 heavy (non-hydrogen) atoms. The summed E-state index contributed by atoms with van der Waals surface area (Å²) >= 11 is 1.31. The Labute approximate surface area is 149 Å². The van der Waals surface area contributed by atoms with E-state index in [1.165, 1.54) is 36.3 Å². The fraction of sp³-hybridized carbons (Fsp3) is 0.176. The minimum Gasteiger partial charge on any atom is -0.510 e. The monoisotopic (exact) mass is 379 g/mol. The van der Waals surface area contributed by atoms with E-state index < -0.39 is 22.9 Å². The number of carbonyl (C=O) groups is 1. The van der Waals surface area contributed by atoms with Crippen LogP contribution in [0, 0.1) is 0 Å². The van der Waals surface area contributed by atoms with Gasteiger partial charge in [-0.05, 0) is 23.6 Å². The number of rotatable bonds is 2. The molecule has 0 fully saturated rings. The number of carbonyl (C=O) groups excluding carboxylic acids is 1. The number of thioether (sulfide) groups is 1. The van der Waals surface area contributed by atoms with Gasteiger partial charge < -0.3 is 15.4 Å². The highest BCUT2D eigenvalue weighted by atomic mass is 32.2. The summed E-state index contributed by atoms with van der Waals surface area (Å²) in [6.45, 7) is 0. The van der Waals surface area contributed by atoms with Crippen molar-refractivity contribution in [3.63, 3.8) is 0 Å². The molecule has 3 N–H and O–H groups in total. The number of halogens is 3. The van der Waals surface area contributed by atoms with Crippen molar-refractivity contribution in [2.45, 2.75) is 17.5 Å². The molecule has 1 amide bonds. The fourth-order valence-corrected chi connectivity index (χ4v) is 3.93. The smallest absolute Gasteiger partial charge is 0.418 e. The maximum absolute atomic E-state index is 13.4. The molecule has 0 saturated heterocycles. The summed E-state index contributed by atoms with van der Waals surface area (Å²) in [6.07, 6.45) is -0.134. The van der Waals surface area contributed by atoms with E-state index >= 15 is 0 Å². The number of aliphatic hydroxyl groups is 1. The van der Waals surface area contributed by atoms with Crippen molar-refractivity contribution in [2.24, 2.45) is 4.99 Å². The number of nitrogens with one attached hydrogen (secondary N) is 2. The van der Waals surface area contributed by atoms with Crippen LogP contribution in [0.15, 0.2) is 52.2 Å². The molecule has 0 bridgehead atoms. The summed E-state index contributed by atoms with van der Waals surface area (Å²) in [6, 6.07) is 3.44. The third-order valence-corrected chi connectivity index (χ3v) is 5.33. The van der Waals surface area contributed by atoms with E-state index in [-0.39, 0.29) is 23.1 Å². The minimum atomic E-state index is -4.64. The Bertz CT molecular complexity index is 991. The molecule has 0 saturated carbocycles. The highest BCUT2D eigenvalue weighted by Gasteiger charge is 2.36. The second kappa shape index (κ2) is 5.94. The van der Waals surface area contributed by atoms with Crippen molar-refractivity contribution in [3.8, 4) is 0 Å². The Balaban J connectivity index is 1.70. The van der Waals surface area contributed by atoms with Crippen LogP contribution in [0.4, 0.5) is 18.9 Å². The molecular formula is C17H12F3N3O2S. The molecule has 1 aromatic carbocycles. The molecule has 2 atom stereocenters. The molecule has 3 heterocycles. The molecule has 2 aliphatic heterocycles. The van der Waals surface area contributed by atoms with Crippen molar-refractivity contribution in [2.75, 3.05) is 5.32 Å². The molecule has 5 nitrogen and oxygen atoms in total. The predicted molar refractivity (Wildman–Crippen MR) is 94.4 cm³/mol. The van der Waals surface area contributed by atoms with E-state index in [4.69, 9.17) is 0 Å². The number of alkyl halides is 3. The fourth-order valence-electron chi connectivity index (χ4n) is 2.93. The van der Waals surface area contributed by atoms with Gasteiger partial charge in [-0.15, -0.1) is 11.8 Å². The molecule has 2 aliphatic rings. The first-order valence-corrected chi connectivity index (χ1v) is 8.57. The van der Waals surface area contributed by atoms with Crippen molar-refractivity contribution < 1.29 is 23.1 Å². The normalized spacial score (nSPS) is 22.1. The van der Waals surface area contributed by atoms with Gasteiger partial charge in [0.05, 0.1) is 28.1 Å². The van der Waals surface area contributed by atoms with Gasteiger partial charge in [-0.1, -0.05) is 6.08 Å². The summed E-state index contributed by atoms with van der Waals surface area (Å²) in [7, 11) is 0. The van der Waals surface area contributed by atoms with Gasteiger partial charge in [0.2, 0.25) is 0 Å². The molecule has 134 valence electrons. The lowest BCUT2D eigenvalue weighted by atomic mass is 10.0. The number of dihydropyridines is 1. The van der Waals surface area contributed by atoms with E-state index in [0.29, 0.717) is 10.9 Å². The number of anilines is 1. The first kappa shape index (κ1) is 16.8. The Morgan fingerprint density at radius 3 is 2.92 bits per heavy atom. The lowest BCUT2D eigenvalue weighted by Crippen LogP contribution is -2.29.